The van der Waals surface area contributed by atoms with Gasteiger partial charge < -0.3 is 5.32 Å². The van der Waals surface area contributed by atoms with Gasteiger partial charge in [0, 0.05) is 13.0 Å². The van der Waals surface area contributed by atoms with Crippen LogP contribution in [0.15, 0.2) is 12.2 Å². The highest BCUT2D eigenvalue weighted by atomic mass is 16.1. The Morgan fingerprint density at radius 1 is 1.36 bits per heavy atom. The highest BCUT2D eigenvalue weighted by Gasteiger charge is 2.52. The molecule has 0 radical (unpaired) electrons. The van der Waals surface area contributed by atoms with Gasteiger partial charge in [0.05, 0.1) is 0 Å². The highest BCUT2D eigenvalue weighted by Crippen LogP contribution is 2.56. The fourth-order valence-corrected chi connectivity index (χ4v) is 3.97. The zero-order valence-corrected chi connectivity index (χ0v) is 8.57. The topological polar surface area (TPSA) is 29.1 Å². The van der Waals surface area contributed by atoms with E-state index in [0.717, 1.165) is 23.7 Å². The minimum atomic E-state index is 0.140. The Morgan fingerprint density at radius 3 is 3.00 bits per heavy atom. The van der Waals surface area contributed by atoms with Gasteiger partial charge in [0.2, 0.25) is 5.91 Å². The smallest absolute Gasteiger partial charge is 0.217 e. The summed E-state index contributed by atoms with van der Waals surface area (Å²) in [5.74, 6) is 3.47. The van der Waals surface area contributed by atoms with Crippen molar-refractivity contribution in [3.05, 3.63) is 12.2 Å². The van der Waals surface area contributed by atoms with Crippen molar-refractivity contribution in [3.63, 3.8) is 0 Å². The molecule has 0 saturated heterocycles. The van der Waals surface area contributed by atoms with Crippen molar-refractivity contribution in [2.75, 3.05) is 0 Å². The summed E-state index contributed by atoms with van der Waals surface area (Å²) in [6.07, 6.45) is 8.60. The molecule has 0 aliphatic heterocycles. The molecule has 3 aliphatic rings. The van der Waals surface area contributed by atoms with Gasteiger partial charge in [0.25, 0.3) is 0 Å². The van der Waals surface area contributed by atoms with Crippen LogP contribution < -0.4 is 5.32 Å². The second-order valence-corrected chi connectivity index (χ2v) is 5.11. The molecular weight excluding hydrogens is 174 g/mol. The molecule has 3 rings (SSSR count). The molecule has 2 nitrogen and oxygen atoms in total. The lowest BCUT2D eigenvalue weighted by atomic mass is 9.79. The molecule has 2 saturated carbocycles. The van der Waals surface area contributed by atoms with Crippen LogP contribution in [0.25, 0.3) is 0 Å². The maximum atomic E-state index is 11.0. The van der Waals surface area contributed by atoms with E-state index in [1.165, 1.54) is 19.3 Å². The zero-order chi connectivity index (χ0) is 9.71. The third kappa shape index (κ3) is 1.06. The summed E-state index contributed by atoms with van der Waals surface area (Å²) in [6.45, 7) is 1.63. The Bertz CT molecular complexity index is 297. The molecule has 76 valence electrons. The first-order valence-corrected chi connectivity index (χ1v) is 5.69. The Balaban J connectivity index is 1.76. The van der Waals surface area contributed by atoms with Crippen LogP contribution in [0.5, 0.6) is 0 Å². The first kappa shape index (κ1) is 8.51. The van der Waals surface area contributed by atoms with E-state index in [4.69, 9.17) is 0 Å². The van der Waals surface area contributed by atoms with Crippen LogP contribution in [0.2, 0.25) is 0 Å². The van der Waals surface area contributed by atoms with Crippen molar-refractivity contribution in [1.29, 1.82) is 0 Å². The summed E-state index contributed by atoms with van der Waals surface area (Å²) >= 11 is 0. The summed E-state index contributed by atoms with van der Waals surface area (Å²) in [5.41, 5.74) is 0. The molecule has 1 amide bonds. The van der Waals surface area contributed by atoms with Gasteiger partial charge >= 0.3 is 0 Å². The highest BCUT2D eigenvalue weighted by molar-refractivity contribution is 5.73. The summed E-state index contributed by atoms with van der Waals surface area (Å²) in [6, 6.07) is 0.474. The molecule has 5 atom stereocenters. The lowest BCUT2D eigenvalue weighted by Gasteiger charge is -2.31. The molecule has 2 bridgehead atoms. The van der Waals surface area contributed by atoms with Crippen LogP contribution in [0.4, 0.5) is 0 Å². The number of amides is 1. The van der Waals surface area contributed by atoms with Crippen molar-refractivity contribution in [2.24, 2.45) is 23.7 Å². The maximum Gasteiger partial charge on any atom is 0.217 e. The van der Waals surface area contributed by atoms with Crippen molar-refractivity contribution in [2.45, 2.75) is 32.2 Å². The molecule has 2 heteroatoms. The first-order valence-electron chi connectivity index (χ1n) is 5.69. The molecule has 0 heterocycles. The van der Waals surface area contributed by atoms with E-state index < -0.39 is 0 Å². The molecule has 3 aliphatic carbocycles. The van der Waals surface area contributed by atoms with Crippen LogP contribution in [-0.4, -0.2) is 11.9 Å². The van der Waals surface area contributed by atoms with E-state index in [1.54, 1.807) is 6.92 Å². The molecule has 1 N–H and O–H groups in total. The number of rotatable bonds is 1. The van der Waals surface area contributed by atoms with E-state index in [-0.39, 0.29) is 5.91 Å². The standard InChI is InChI=1S/C12H17NO/c1-7(14)13-12-6-8-5-11(12)10-4-2-3-9(8)10/h2,4,8-12H,3,5-6H2,1H3,(H,13,14). The van der Waals surface area contributed by atoms with Crippen LogP contribution >= 0.6 is 0 Å². The van der Waals surface area contributed by atoms with Crippen LogP contribution in [0, 0.1) is 23.7 Å². The largest absolute Gasteiger partial charge is 0.353 e. The molecule has 0 aromatic carbocycles. The van der Waals surface area contributed by atoms with Gasteiger partial charge in [-0.15, -0.1) is 0 Å². The molecule has 0 aromatic rings. The SMILES string of the molecule is CC(=O)NC1CC2CC1C1C=CCC21. The van der Waals surface area contributed by atoms with Gasteiger partial charge in [-0.25, -0.2) is 0 Å². The molecule has 2 fully saturated rings. The minimum Gasteiger partial charge on any atom is -0.353 e. The van der Waals surface area contributed by atoms with E-state index in [9.17, 15) is 4.79 Å². The number of fused-ring (bicyclic) bond motifs is 5. The van der Waals surface area contributed by atoms with Crippen molar-refractivity contribution < 1.29 is 4.79 Å². The number of hydrogen-bond donors (Lipinski definition) is 1. The number of nitrogens with one attached hydrogen (secondary N) is 1. The summed E-state index contributed by atoms with van der Waals surface area (Å²) in [4.78, 5) is 11.0. The predicted octanol–water partition coefficient (Wildman–Crippen LogP) is 1.72. The Kier molecular flexibility index (Phi) is 1.73. The second kappa shape index (κ2) is 2.85. The van der Waals surface area contributed by atoms with Gasteiger partial charge in [-0.3, -0.25) is 4.79 Å². The molecule has 14 heavy (non-hydrogen) atoms. The number of allylic oxidation sites excluding steroid dienone is 2. The Labute approximate surface area is 84.8 Å². The van der Waals surface area contributed by atoms with Gasteiger partial charge in [0.15, 0.2) is 0 Å². The third-order valence-electron chi connectivity index (χ3n) is 4.40. The predicted molar refractivity (Wildman–Crippen MR) is 54.6 cm³/mol. The van der Waals surface area contributed by atoms with Crippen LogP contribution in [-0.2, 0) is 4.79 Å². The zero-order valence-electron chi connectivity index (χ0n) is 8.57. The lowest BCUT2D eigenvalue weighted by Crippen LogP contribution is -2.41. The average molecular weight is 191 g/mol. The van der Waals surface area contributed by atoms with Crippen molar-refractivity contribution in [1.82, 2.24) is 5.32 Å². The van der Waals surface area contributed by atoms with E-state index >= 15 is 0 Å². The Hall–Kier alpha value is -0.790. The van der Waals surface area contributed by atoms with E-state index in [1.807, 2.05) is 0 Å². The number of carbonyl (C=O) groups is 1. The number of carbonyl (C=O) groups excluding carboxylic acids is 1. The van der Waals surface area contributed by atoms with Crippen molar-refractivity contribution in [3.8, 4) is 0 Å². The van der Waals surface area contributed by atoms with Crippen molar-refractivity contribution >= 4 is 5.91 Å². The third-order valence-corrected chi connectivity index (χ3v) is 4.40. The molecule has 5 unspecified atom stereocenters. The van der Waals surface area contributed by atoms with Crippen LogP contribution in [0.1, 0.15) is 26.2 Å². The fraction of sp³-hybridized carbons (Fsp3) is 0.750. The minimum absolute atomic E-state index is 0.140. The maximum absolute atomic E-state index is 11.0. The molecule has 0 spiro atoms. The average Bonchev–Trinajstić information content (AvgIpc) is 2.68. The monoisotopic (exact) mass is 191 g/mol. The normalized spacial score (nSPS) is 48.2. The van der Waals surface area contributed by atoms with Gasteiger partial charge in [-0.05, 0) is 42.9 Å². The van der Waals surface area contributed by atoms with Gasteiger partial charge in [-0.2, -0.15) is 0 Å². The lowest BCUT2D eigenvalue weighted by molar-refractivity contribution is -0.120. The number of hydrogen-bond acceptors (Lipinski definition) is 1. The quantitative estimate of drug-likeness (QED) is 0.628. The van der Waals surface area contributed by atoms with Gasteiger partial charge in [0.1, 0.15) is 0 Å². The van der Waals surface area contributed by atoms with Crippen LogP contribution in [0.3, 0.4) is 0 Å². The van der Waals surface area contributed by atoms with E-state index in [2.05, 4.69) is 17.5 Å². The summed E-state index contributed by atoms with van der Waals surface area (Å²) < 4.78 is 0. The summed E-state index contributed by atoms with van der Waals surface area (Å²) in [5, 5.41) is 3.11. The fourth-order valence-electron chi connectivity index (χ4n) is 3.97. The van der Waals surface area contributed by atoms with E-state index in [0.29, 0.717) is 6.04 Å². The first-order chi connectivity index (χ1) is 6.75. The molecular formula is C12H17NO. The second-order valence-electron chi connectivity index (χ2n) is 5.11. The van der Waals surface area contributed by atoms with Gasteiger partial charge in [-0.1, -0.05) is 12.2 Å². The Morgan fingerprint density at radius 2 is 2.21 bits per heavy atom. The summed E-state index contributed by atoms with van der Waals surface area (Å²) in [7, 11) is 0. The molecule has 0 aromatic heterocycles.